The van der Waals surface area contributed by atoms with Crippen molar-refractivity contribution >= 4 is 23.5 Å². The summed E-state index contributed by atoms with van der Waals surface area (Å²) in [5, 5.41) is 32.9. The average Bonchev–Trinajstić information content (AvgIpc) is 3.65. The number of aromatic nitrogens is 4. The van der Waals surface area contributed by atoms with Crippen LogP contribution in [0.5, 0.6) is 11.5 Å². The summed E-state index contributed by atoms with van der Waals surface area (Å²) in [5.41, 5.74) is 1.69. The first kappa shape index (κ1) is 28.8. The number of aliphatic hydroxyl groups is 1. The molecule has 0 fully saturated rings. The predicted octanol–water partition coefficient (Wildman–Crippen LogP) is 2.89. The molecule has 3 N–H and O–H groups in total. The van der Waals surface area contributed by atoms with Gasteiger partial charge in [-0.25, -0.2) is 9.59 Å². The van der Waals surface area contributed by atoms with Gasteiger partial charge in [0.2, 0.25) is 5.91 Å². The fraction of sp³-hybridized carbons (Fsp3) is 0.259. The number of aryl methyl sites for hydroxylation is 1. The summed E-state index contributed by atoms with van der Waals surface area (Å²) in [6.45, 7) is 0.789. The van der Waals surface area contributed by atoms with Crippen molar-refractivity contribution in [3.63, 3.8) is 0 Å². The number of hydrogen-bond acceptors (Lipinski definition) is 11. The van der Waals surface area contributed by atoms with Crippen LogP contribution in [-0.4, -0.2) is 61.6 Å². The lowest BCUT2D eigenvalue weighted by Crippen LogP contribution is -2.27. The molecular formula is C27H27N5O9. The smallest absolute Gasteiger partial charge is 0.375 e. The van der Waals surface area contributed by atoms with Gasteiger partial charge in [-0.1, -0.05) is 10.4 Å². The lowest BCUT2D eigenvalue weighted by molar-refractivity contribution is -0.165. The second-order valence-electron chi connectivity index (χ2n) is 8.69. The first-order valence-electron chi connectivity index (χ1n) is 12.5. The molecule has 2 heterocycles. The Balaban J connectivity index is 1.14. The maximum absolute atomic E-state index is 12.2. The quantitative estimate of drug-likeness (QED) is 0.115. The Morgan fingerprint density at radius 2 is 1.78 bits per heavy atom. The molecule has 1 unspecified atom stereocenters. The van der Waals surface area contributed by atoms with E-state index in [2.05, 4.69) is 25.5 Å². The Kier molecular flexibility index (Phi) is 9.62. The van der Waals surface area contributed by atoms with E-state index in [-0.39, 0.29) is 24.0 Å². The van der Waals surface area contributed by atoms with E-state index in [0.717, 1.165) is 7.11 Å². The predicted molar refractivity (Wildman–Crippen MR) is 141 cm³/mol. The molecule has 0 aliphatic carbocycles. The van der Waals surface area contributed by atoms with Crippen LogP contribution in [0.25, 0.3) is 11.3 Å². The van der Waals surface area contributed by atoms with E-state index in [1.165, 1.54) is 18.2 Å². The number of carboxylic acids is 1. The minimum atomic E-state index is -1.73. The Hall–Kier alpha value is -5.24. The lowest BCUT2D eigenvalue weighted by atomic mass is 10.1. The van der Waals surface area contributed by atoms with E-state index < -0.39 is 18.2 Å². The van der Waals surface area contributed by atoms with Crippen LogP contribution in [0.2, 0.25) is 0 Å². The summed E-state index contributed by atoms with van der Waals surface area (Å²) in [7, 11) is 1.14. The molecule has 4 rings (SSSR count). The van der Waals surface area contributed by atoms with E-state index in [9.17, 15) is 19.5 Å². The monoisotopic (exact) mass is 565 g/mol. The van der Waals surface area contributed by atoms with E-state index in [1.807, 2.05) is 0 Å². The number of aromatic carboxylic acids is 1. The molecule has 4 aromatic rings. The molecule has 14 nitrogen and oxygen atoms in total. The molecule has 0 saturated heterocycles. The molecule has 0 aliphatic rings. The Labute approximate surface area is 233 Å². The molecule has 0 radical (unpaired) electrons. The van der Waals surface area contributed by atoms with E-state index in [1.54, 1.807) is 47.3 Å². The number of amides is 1. The molecule has 0 spiro atoms. The van der Waals surface area contributed by atoms with E-state index >= 15 is 0 Å². The summed E-state index contributed by atoms with van der Waals surface area (Å²) in [6.07, 6.45) is 1.71. The molecule has 0 bridgehead atoms. The van der Waals surface area contributed by atoms with Crippen LogP contribution >= 0.6 is 0 Å². The minimum Gasteiger partial charge on any atom is -0.487 e. The number of esters is 1. The third-order valence-electron chi connectivity index (χ3n) is 5.67. The number of nitrogens with one attached hydrogen (secondary N) is 1. The maximum atomic E-state index is 12.2. The van der Waals surface area contributed by atoms with Crippen molar-refractivity contribution in [3.8, 4) is 22.8 Å². The van der Waals surface area contributed by atoms with E-state index in [4.69, 9.17) is 19.1 Å². The summed E-state index contributed by atoms with van der Waals surface area (Å²) in [5.74, 6) is -1.05. The first-order valence-corrected chi connectivity index (χ1v) is 12.5. The topological polar surface area (TPSA) is 188 Å². The third-order valence-corrected chi connectivity index (χ3v) is 5.67. The van der Waals surface area contributed by atoms with Gasteiger partial charge in [-0.2, -0.15) is 0 Å². The molecule has 0 saturated carbocycles. The number of ether oxygens (including phenoxy) is 3. The Bertz CT molecular complexity index is 1470. The van der Waals surface area contributed by atoms with Crippen molar-refractivity contribution in [1.82, 2.24) is 20.2 Å². The summed E-state index contributed by atoms with van der Waals surface area (Å²) >= 11 is 0. The SMILES string of the molecule is COC(=O)C(O)Oc1ccc(NC(=O)CCCCn2cc(COc3ccc(-c4cc(C(=O)O)no4)cc3)nn2)cc1. The number of aliphatic hydroxyl groups excluding tert-OH is 1. The lowest BCUT2D eigenvalue weighted by Gasteiger charge is -2.11. The van der Waals surface area contributed by atoms with Gasteiger partial charge < -0.3 is 34.3 Å². The molecule has 1 amide bonds. The van der Waals surface area contributed by atoms with Crippen LogP contribution in [0.15, 0.2) is 65.3 Å². The summed E-state index contributed by atoms with van der Waals surface area (Å²) in [6, 6.07) is 14.5. The molecule has 2 aromatic carbocycles. The van der Waals surface area contributed by atoms with Gasteiger partial charge >= 0.3 is 11.9 Å². The molecule has 1 atom stereocenters. The zero-order valence-electron chi connectivity index (χ0n) is 21.9. The van der Waals surface area contributed by atoms with Crippen LogP contribution in [0.3, 0.4) is 0 Å². The van der Waals surface area contributed by atoms with Crippen LogP contribution in [0.1, 0.15) is 35.4 Å². The number of rotatable bonds is 14. The van der Waals surface area contributed by atoms with Gasteiger partial charge in [0.05, 0.1) is 13.3 Å². The number of hydrogen-bond donors (Lipinski definition) is 3. The summed E-state index contributed by atoms with van der Waals surface area (Å²) in [4.78, 5) is 34.4. The molecule has 214 valence electrons. The number of carbonyl (C=O) groups excluding carboxylic acids is 2. The van der Waals surface area contributed by atoms with Crippen LogP contribution < -0.4 is 14.8 Å². The van der Waals surface area contributed by atoms with Crippen LogP contribution in [-0.2, 0) is 27.5 Å². The van der Waals surface area contributed by atoms with Crippen molar-refractivity contribution in [2.24, 2.45) is 0 Å². The van der Waals surface area contributed by atoms with Crippen molar-refractivity contribution in [2.75, 3.05) is 12.4 Å². The number of unbranched alkanes of at least 4 members (excludes halogenated alkanes) is 1. The second-order valence-corrected chi connectivity index (χ2v) is 8.69. The second kappa shape index (κ2) is 13.7. The zero-order chi connectivity index (χ0) is 29.2. The number of anilines is 1. The van der Waals surface area contributed by atoms with Gasteiger partial charge in [0.1, 0.15) is 23.8 Å². The van der Waals surface area contributed by atoms with E-state index in [0.29, 0.717) is 54.3 Å². The number of carbonyl (C=O) groups is 3. The fourth-order valence-electron chi connectivity index (χ4n) is 3.58. The average molecular weight is 566 g/mol. The van der Waals surface area contributed by atoms with Gasteiger partial charge in [-0.05, 0) is 61.4 Å². The van der Waals surface area contributed by atoms with Gasteiger partial charge in [0.25, 0.3) is 6.29 Å². The Morgan fingerprint density at radius 3 is 2.46 bits per heavy atom. The van der Waals surface area contributed by atoms with Gasteiger partial charge in [-0.3, -0.25) is 9.48 Å². The highest BCUT2D eigenvalue weighted by atomic mass is 16.6. The van der Waals surface area contributed by atoms with Crippen molar-refractivity contribution in [3.05, 3.63) is 72.2 Å². The first-order chi connectivity index (χ1) is 19.8. The molecule has 14 heteroatoms. The maximum Gasteiger partial charge on any atom is 0.375 e. The number of carboxylic acid groups (broad SMARTS) is 1. The third kappa shape index (κ3) is 8.37. The highest BCUT2D eigenvalue weighted by Crippen LogP contribution is 2.24. The minimum absolute atomic E-state index is 0.155. The fourth-order valence-corrected chi connectivity index (χ4v) is 3.58. The van der Waals surface area contributed by atoms with Crippen LogP contribution in [0.4, 0.5) is 5.69 Å². The molecule has 2 aromatic heterocycles. The van der Waals surface area contributed by atoms with Crippen molar-refractivity contribution < 1.29 is 43.3 Å². The van der Waals surface area contributed by atoms with Gasteiger partial charge in [0.15, 0.2) is 11.5 Å². The van der Waals surface area contributed by atoms with Gasteiger partial charge in [0, 0.05) is 30.3 Å². The molecular weight excluding hydrogens is 538 g/mol. The molecule has 41 heavy (non-hydrogen) atoms. The highest BCUT2D eigenvalue weighted by Gasteiger charge is 2.17. The summed E-state index contributed by atoms with van der Waals surface area (Å²) < 4.78 is 21.9. The normalized spacial score (nSPS) is 11.5. The Morgan fingerprint density at radius 1 is 1.05 bits per heavy atom. The van der Waals surface area contributed by atoms with Gasteiger partial charge in [-0.15, -0.1) is 5.10 Å². The number of methoxy groups -OCH3 is 1. The largest absolute Gasteiger partial charge is 0.487 e. The van der Waals surface area contributed by atoms with Crippen molar-refractivity contribution in [2.45, 2.75) is 38.7 Å². The zero-order valence-corrected chi connectivity index (χ0v) is 21.9. The standard InChI is InChI=1S/C27H27N5O9/c1-38-26(36)27(37)40-21-11-7-18(8-12-21)28-24(33)4-2-3-13-32-15-19(29-31-32)16-39-20-9-5-17(6-10-20)23-14-22(25(34)35)30-41-23/h5-12,14-15,27,37H,2-4,13,16H2,1H3,(H,28,33)(H,34,35). The van der Waals surface area contributed by atoms with Crippen LogP contribution in [0, 0.1) is 0 Å². The molecule has 0 aliphatic heterocycles. The highest BCUT2D eigenvalue weighted by molar-refractivity contribution is 5.90. The number of benzene rings is 2. The van der Waals surface area contributed by atoms with Crippen molar-refractivity contribution in [1.29, 1.82) is 0 Å². The number of nitrogens with zero attached hydrogens (tertiary/aromatic N) is 4.